The molecule has 1 amide bonds. The highest BCUT2D eigenvalue weighted by molar-refractivity contribution is 7.92. The van der Waals surface area contributed by atoms with Crippen LogP contribution < -0.4 is 4.31 Å². The zero-order valence-electron chi connectivity index (χ0n) is 23.4. The molecule has 0 saturated carbocycles. The number of carbonyl (C=O) groups is 1. The van der Waals surface area contributed by atoms with E-state index in [4.69, 9.17) is 4.74 Å². The number of likely N-dealkylation sites (tertiary alicyclic amines) is 1. The molecule has 0 aromatic heterocycles. The van der Waals surface area contributed by atoms with Crippen molar-refractivity contribution in [3.05, 3.63) is 71.7 Å². The molecule has 8 nitrogen and oxygen atoms in total. The van der Waals surface area contributed by atoms with Gasteiger partial charge < -0.3 is 19.8 Å². The van der Waals surface area contributed by atoms with Gasteiger partial charge in [-0.3, -0.25) is 9.10 Å². The number of allylic oxidation sites excluding steroid dienone is 1. The molecule has 2 aromatic rings. The minimum Gasteiger partial charge on any atom is -0.491 e. The van der Waals surface area contributed by atoms with Gasteiger partial charge in [-0.25, -0.2) is 12.8 Å². The number of rotatable bonds is 7. The monoisotopic (exact) mass is 654 g/mol. The Morgan fingerprint density at radius 3 is 2.20 bits per heavy atom. The number of anilines is 1. The van der Waals surface area contributed by atoms with Gasteiger partial charge in [0.15, 0.2) is 0 Å². The predicted octanol–water partition coefficient (Wildman–Crippen LogP) is 4.55. The minimum absolute atomic E-state index is 0.150. The summed E-state index contributed by atoms with van der Waals surface area (Å²) in [7, 11) is -4.66. The highest BCUT2D eigenvalue weighted by Gasteiger charge is 2.71. The maximum absolute atomic E-state index is 13.9. The molecule has 16 heteroatoms. The van der Waals surface area contributed by atoms with Crippen molar-refractivity contribution in [2.24, 2.45) is 0 Å². The van der Waals surface area contributed by atoms with Crippen LogP contribution in [0.25, 0.3) is 0 Å². The van der Waals surface area contributed by atoms with E-state index in [9.17, 15) is 54.2 Å². The van der Waals surface area contributed by atoms with E-state index in [0.717, 1.165) is 28.6 Å². The summed E-state index contributed by atoms with van der Waals surface area (Å²) in [4.78, 5) is 14.3. The third-order valence-electron chi connectivity index (χ3n) is 7.80. The first-order valence-electron chi connectivity index (χ1n) is 13.3. The second-order valence-electron chi connectivity index (χ2n) is 10.8. The number of nitrogens with zero attached hydrogens (tertiary/aromatic N) is 2. The van der Waals surface area contributed by atoms with E-state index in [-0.39, 0.29) is 36.4 Å². The van der Waals surface area contributed by atoms with Crippen molar-refractivity contribution in [1.29, 1.82) is 0 Å². The maximum Gasteiger partial charge on any atom is 0.430 e. The zero-order chi connectivity index (χ0) is 33.0. The second-order valence-corrected chi connectivity index (χ2v) is 12.7. The molecule has 0 radical (unpaired) electrons. The summed E-state index contributed by atoms with van der Waals surface area (Å²) >= 11 is 0. The predicted molar refractivity (Wildman–Crippen MR) is 142 cm³/mol. The first-order chi connectivity index (χ1) is 20.2. The van der Waals surface area contributed by atoms with Crippen molar-refractivity contribution < 1.29 is 58.9 Å². The number of sulfonamides is 1. The Morgan fingerprint density at radius 2 is 1.66 bits per heavy atom. The van der Waals surface area contributed by atoms with Gasteiger partial charge in [0.25, 0.3) is 15.6 Å². The molecule has 0 aliphatic carbocycles. The number of benzene rings is 2. The first kappa shape index (κ1) is 33.5. The van der Waals surface area contributed by atoms with Gasteiger partial charge in [-0.15, -0.1) is 0 Å². The lowest BCUT2D eigenvalue weighted by Crippen LogP contribution is -2.54. The summed E-state index contributed by atoms with van der Waals surface area (Å²) in [6.07, 6.45) is -15.2. The Labute approximate surface area is 248 Å². The summed E-state index contributed by atoms with van der Waals surface area (Å²) in [6, 6.07) is 3.21. The quantitative estimate of drug-likeness (QED) is 0.336. The highest BCUT2D eigenvalue weighted by atomic mass is 32.2. The Kier molecular flexibility index (Phi) is 8.78. The van der Waals surface area contributed by atoms with Crippen LogP contribution in [0.4, 0.5) is 36.4 Å². The van der Waals surface area contributed by atoms with E-state index in [0.29, 0.717) is 18.2 Å². The number of hydrogen-bond acceptors (Lipinski definition) is 6. The maximum atomic E-state index is 13.9. The van der Waals surface area contributed by atoms with E-state index in [1.807, 2.05) is 0 Å². The van der Waals surface area contributed by atoms with Gasteiger partial charge >= 0.3 is 12.4 Å². The second kappa shape index (κ2) is 11.5. The molecule has 2 aromatic carbocycles. The van der Waals surface area contributed by atoms with Crippen LogP contribution in [0.1, 0.15) is 37.8 Å². The van der Waals surface area contributed by atoms with Crippen LogP contribution in [-0.4, -0.2) is 72.6 Å². The number of ether oxygens (including phenoxy) is 1. The van der Waals surface area contributed by atoms with Crippen LogP contribution in [0.15, 0.2) is 59.7 Å². The van der Waals surface area contributed by atoms with E-state index in [1.54, 1.807) is 13.8 Å². The van der Waals surface area contributed by atoms with E-state index >= 15 is 0 Å². The molecule has 0 unspecified atom stereocenters. The normalized spacial score (nSPS) is 23.0. The van der Waals surface area contributed by atoms with Crippen molar-refractivity contribution >= 4 is 21.6 Å². The lowest BCUT2D eigenvalue weighted by molar-refractivity contribution is -0.376. The summed E-state index contributed by atoms with van der Waals surface area (Å²) in [5, 5.41) is 20.3. The molecule has 2 N–H and O–H groups in total. The summed E-state index contributed by atoms with van der Waals surface area (Å²) in [5.74, 6) is -1.08. The number of amides is 1. The number of alkyl halides is 6. The molecule has 4 atom stereocenters. The van der Waals surface area contributed by atoms with Crippen molar-refractivity contribution in [1.82, 2.24) is 4.90 Å². The number of carbonyl (C=O) groups excluding carboxylic acids is 1. The number of fused-ring (bicyclic) bond motifs is 1. The van der Waals surface area contributed by atoms with Crippen molar-refractivity contribution in [2.45, 2.75) is 80.3 Å². The van der Waals surface area contributed by atoms with E-state index in [2.05, 4.69) is 6.58 Å². The van der Waals surface area contributed by atoms with Crippen molar-refractivity contribution in [3.63, 3.8) is 0 Å². The van der Waals surface area contributed by atoms with E-state index in [1.165, 1.54) is 4.90 Å². The number of hydrogen-bond donors (Lipinski definition) is 2. The highest BCUT2D eigenvalue weighted by Crippen LogP contribution is 2.51. The van der Waals surface area contributed by atoms with Crippen LogP contribution in [-0.2, 0) is 31.6 Å². The van der Waals surface area contributed by atoms with Crippen LogP contribution in [0.2, 0.25) is 0 Å². The Hall–Kier alpha value is -3.37. The number of aliphatic hydroxyl groups is 2. The largest absolute Gasteiger partial charge is 0.491 e. The number of aliphatic hydroxyl groups excluding tert-OH is 1. The molecule has 1 fully saturated rings. The molecule has 0 spiro atoms. The Morgan fingerprint density at radius 1 is 1.07 bits per heavy atom. The minimum atomic E-state index is -6.16. The van der Waals surface area contributed by atoms with Gasteiger partial charge in [-0.1, -0.05) is 18.7 Å². The molecule has 242 valence electrons. The lowest BCUT2D eigenvalue weighted by Gasteiger charge is -2.39. The van der Waals surface area contributed by atoms with Gasteiger partial charge in [-0.2, -0.15) is 26.3 Å². The van der Waals surface area contributed by atoms with Gasteiger partial charge in [0.2, 0.25) is 5.91 Å². The number of β-amino-alcohol motifs (C(OH)–C–C–N with tert-alkyl or cyclic N) is 1. The smallest absolute Gasteiger partial charge is 0.430 e. The molecule has 2 heterocycles. The molecule has 1 saturated heterocycles. The number of aryl methyl sites for hydroxylation is 1. The SMILES string of the molecule is C=C(C)O[C@H]1[C@H](O)CN(C(=O)C[C@@H]2CCc3cc(C(O)(C(F)(F)F)C(F)(F)F)ccc3N2S(=O)(=O)c2ccc(F)cc2)[C@H]1C. The summed E-state index contributed by atoms with van der Waals surface area (Å²) in [5.41, 5.74) is -7.37. The summed E-state index contributed by atoms with van der Waals surface area (Å²) < 4.78 is 129. The topological polar surface area (TPSA) is 107 Å². The van der Waals surface area contributed by atoms with Crippen molar-refractivity contribution in [3.8, 4) is 0 Å². The van der Waals surface area contributed by atoms with Crippen LogP contribution in [0, 0.1) is 5.82 Å². The standard InChI is InChI=1S/C28H29F7N2O6S/c1-15(2)43-25-16(3)36(14-23(25)38)24(39)13-20-8-4-17-12-18(26(40,27(30,31)32)28(33,34)35)5-11-22(17)37(20)44(41,42)21-9-6-19(29)7-10-21/h5-7,9-12,16,20,23,25,38,40H,1,4,8,13-14H2,2-3H3/t16-,20-,23+,25+/m0/s1. The average molecular weight is 655 g/mol. The third kappa shape index (κ3) is 5.86. The molecular formula is C28H29F7N2O6S. The fraction of sp³-hybridized carbons (Fsp3) is 0.464. The fourth-order valence-electron chi connectivity index (χ4n) is 5.61. The fourth-order valence-corrected chi connectivity index (χ4v) is 7.33. The molecular weight excluding hydrogens is 625 g/mol. The summed E-state index contributed by atoms with van der Waals surface area (Å²) in [6.45, 7) is 6.63. The first-order valence-corrected chi connectivity index (χ1v) is 14.7. The molecule has 44 heavy (non-hydrogen) atoms. The van der Waals surface area contributed by atoms with Gasteiger partial charge in [0.1, 0.15) is 18.0 Å². The van der Waals surface area contributed by atoms with Gasteiger partial charge in [-0.05, 0) is 62.6 Å². The van der Waals surface area contributed by atoms with Crippen LogP contribution in [0.5, 0.6) is 0 Å². The molecule has 2 aliphatic rings. The lowest BCUT2D eigenvalue weighted by atomic mass is 9.87. The van der Waals surface area contributed by atoms with Gasteiger partial charge in [0.05, 0.1) is 35.0 Å². The van der Waals surface area contributed by atoms with Gasteiger partial charge in [0, 0.05) is 12.0 Å². The molecule has 0 bridgehead atoms. The zero-order valence-corrected chi connectivity index (χ0v) is 24.2. The van der Waals surface area contributed by atoms with Crippen LogP contribution >= 0.6 is 0 Å². The third-order valence-corrected chi connectivity index (χ3v) is 9.68. The van der Waals surface area contributed by atoms with E-state index < -0.39 is 80.9 Å². The number of halogens is 7. The Balaban J connectivity index is 1.77. The Bertz CT molecular complexity index is 1510. The average Bonchev–Trinajstić information content (AvgIpc) is 3.19. The molecule has 4 rings (SSSR count). The van der Waals surface area contributed by atoms with Crippen molar-refractivity contribution in [2.75, 3.05) is 10.8 Å². The molecule has 2 aliphatic heterocycles. The van der Waals surface area contributed by atoms with Crippen LogP contribution in [0.3, 0.4) is 0 Å².